The van der Waals surface area contributed by atoms with Gasteiger partial charge in [0.2, 0.25) is 0 Å². The van der Waals surface area contributed by atoms with E-state index in [9.17, 15) is 4.79 Å². The minimum absolute atomic E-state index is 0.0202. The van der Waals surface area contributed by atoms with Crippen molar-refractivity contribution in [2.24, 2.45) is 0 Å². The van der Waals surface area contributed by atoms with Gasteiger partial charge in [0, 0.05) is 23.8 Å². The largest absolute Gasteiger partial charge is 0.496 e. The van der Waals surface area contributed by atoms with E-state index in [2.05, 4.69) is 28.9 Å². The number of hydrogen-bond acceptors (Lipinski definition) is 5. The van der Waals surface area contributed by atoms with E-state index < -0.39 is 0 Å². The number of fused-ring (bicyclic) bond motifs is 1. The fourth-order valence-corrected chi connectivity index (χ4v) is 3.84. The minimum atomic E-state index is 0.0202. The maximum atomic E-state index is 13.3. The van der Waals surface area contributed by atoms with Crippen LogP contribution in [0.15, 0.2) is 16.9 Å². The molecule has 26 heavy (non-hydrogen) atoms. The number of H-pyrrole nitrogens is 1. The van der Waals surface area contributed by atoms with Crippen LogP contribution in [0.1, 0.15) is 24.1 Å². The smallest absolute Gasteiger partial charge is 0.198 e. The average Bonchev–Trinajstić information content (AvgIpc) is 2.64. The van der Waals surface area contributed by atoms with E-state index in [0.29, 0.717) is 35.0 Å². The van der Waals surface area contributed by atoms with Crippen LogP contribution in [-0.4, -0.2) is 62.2 Å². The quantitative estimate of drug-likeness (QED) is 0.888. The molecule has 0 radical (unpaired) electrons. The zero-order valence-electron chi connectivity index (χ0n) is 16.4. The second-order valence-electron chi connectivity index (χ2n) is 7.23. The number of ether oxygens (including phenoxy) is 2. The van der Waals surface area contributed by atoms with Gasteiger partial charge in [-0.15, -0.1) is 0 Å². The van der Waals surface area contributed by atoms with E-state index in [4.69, 9.17) is 9.47 Å². The van der Waals surface area contributed by atoms with E-state index in [1.165, 1.54) is 0 Å². The number of piperidine rings is 1. The molecule has 1 aliphatic heterocycles. The molecule has 1 saturated heterocycles. The third-order valence-corrected chi connectivity index (χ3v) is 5.55. The van der Waals surface area contributed by atoms with Gasteiger partial charge in [0.25, 0.3) is 0 Å². The molecule has 0 saturated carbocycles. The molecule has 1 fully saturated rings. The summed E-state index contributed by atoms with van der Waals surface area (Å²) in [5.41, 5.74) is 2.39. The highest BCUT2D eigenvalue weighted by atomic mass is 16.5. The number of nitrogens with zero attached hydrogens (tertiary/aromatic N) is 2. The fourth-order valence-electron chi connectivity index (χ4n) is 3.84. The van der Waals surface area contributed by atoms with Crippen molar-refractivity contribution in [2.45, 2.75) is 32.4 Å². The number of benzene rings is 1. The van der Waals surface area contributed by atoms with Crippen LogP contribution in [0.4, 0.5) is 0 Å². The molecule has 1 aliphatic rings. The van der Waals surface area contributed by atoms with E-state index in [1.54, 1.807) is 20.3 Å². The number of pyridine rings is 1. The summed E-state index contributed by atoms with van der Waals surface area (Å²) in [6.45, 7) is 4.80. The molecule has 0 aliphatic carbocycles. The Hall–Kier alpha value is -2.05. The Balaban J connectivity index is 2.00. The lowest BCUT2D eigenvalue weighted by Crippen LogP contribution is -2.42. The van der Waals surface area contributed by atoms with Gasteiger partial charge in [-0.1, -0.05) is 0 Å². The molecule has 0 spiro atoms. The van der Waals surface area contributed by atoms with Crippen molar-refractivity contribution in [3.8, 4) is 11.5 Å². The third-order valence-electron chi connectivity index (χ3n) is 5.55. The second kappa shape index (κ2) is 7.68. The maximum absolute atomic E-state index is 13.3. The first-order chi connectivity index (χ1) is 12.5. The van der Waals surface area contributed by atoms with Crippen molar-refractivity contribution in [1.82, 2.24) is 14.8 Å². The van der Waals surface area contributed by atoms with E-state index in [-0.39, 0.29) is 5.43 Å². The summed E-state index contributed by atoms with van der Waals surface area (Å²) < 4.78 is 10.9. The molecule has 1 N–H and O–H groups in total. The number of rotatable bonds is 5. The summed E-state index contributed by atoms with van der Waals surface area (Å²) >= 11 is 0. The summed E-state index contributed by atoms with van der Waals surface area (Å²) in [5.74, 6) is 1.22. The number of aromatic amines is 1. The molecule has 0 atom stereocenters. The number of aryl methyl sites for hydroxylation is 1. The van der Waals surface area contributed by atoms with Gasteiger partial charge < -0.3 is 19.4 Å². The van der Waals surface area contributed by atoms with Crippen LogP contribution in [0.5, 0.6) is 11.5 Å². The molecule has 0 amide bonds. The highest BCUT2D eigenvalue weighted by Crippen LogP contribution is 2.30. The van der Waals surface area contributed by atoms with Gasteiger partial charge in [-0.05, 0) is 59.1 Å². The third kappa shape index (κ3) is 3.44. The van der Waals surface area contributed by atoms with Crippen LogP contribution >= 0.6 is 0 Å². The standard InChI is InChI=1S/C20H29N3O3/c1-13-15(12-23(3)14-8-10-22(2)11-9-14)20(24)18-16(25-4)6-7-17(26-5)19(18)21-13/h6-7,14H,8-12H2,1-5H3,(H,21,24). The van der Waals surface area contributed by atoms with Gasteiger partial charge in [0.05, 0.1) is 25.1 Å². The molecule has 0 unspecified atom stereocenters. The predicted molar refractivity (Wildman–Crippen MR) is 104 cm³/mol. The van der Waals surface area contributed by atoms with Crippen molar-refractivity contribution < 1.29 is 9.47 Å². The molecule has 1 aromatic heterocycles. The number of aromatic nitrogens is 1. The Morgan fingerprint density at radius 3 is 2.42 bits per heavy atom. The maximum Gasteiger partial charge on any atom is 0.198 e. The van der Waals surface area contributed by atoms with Crippen LogP contribution in [-0.2, 0) is 6.54 Å². The Kier molecular flexibility index (Phi) is 5.53. The molecule has 142 valence electrons. The first-order valence-electron chi connectivity index (χ1n) is 9.11. The van der Waals surface area contributed by atoms with Crippen molar-refractivity contribution in [3.05, 3.63) is 33.6 Å². The van der Waals surface area contributed by atoms with Crippen LogP contribution in [0.2, 0.25) is 0 Å². The lowest BCUT2D eigenvalue weighted by Gasteiger charge is -2.35. The number of nitrogens with one attached hydrogen (secondary N) is 1. The topological polar surface area (TPSA) is 57.8 Å². The van der Waals surface area contributed by atoms with E-state index in [0.717, 1.165) is 37.2 Å². The summed E-state index contributed by atoms with van der Waals surface area (Å²) in [4.78, 5) is 21.3. The molecule has 0 bridgehead atoms. The van der Waals surface area contributed by atoms with Crippen molar-refractivity contribution in [3.63, 3.8) is 0 Å². The van der Waals surface area contributed by atoms with Crippen molar-refractivity contribution in [2.75, 3.05) is 41.4 Å². The van der Waals surface area contributed by atoms with E-state index >= 15 is 0 Å². The van der Waals surface area contributed by atoms with Crippen LogP contribution < -0.4 is 14.9 Å². The molecule has 2 aromatic rings. The van der Waals surface area contributed by atoms with Gasteiger partial charge in [0.15, 0.2) is 5.43 Å². The highest BCUT2D eigenvalue weighted by molar-refractivity contribution is 5.90. The zero-order chi connectivity index (χ0) is 18.8. The number of methoxy groups -OCH3 is 2. The van der Waals surface area contributed by atoms with Gasteiger partial charge >= 0.3 is 0 Å². The first-order valence-corrected chi connectivity index (χ1v) is 9.11. The highest BCUT2D eigenvalue weighted by Gasteiger charge is 2.23. The Morgan fingerprint density at radius 1 is 1.19 bits per heavy atom. The van der Waals surface area contributed by atoms with Crippen LogP contribution in [0.3, 0.4) is 0 Å². The zero-order valence-corrected chi connectivity index (χ0v) is 16.4. The van der Waals surface area contributed by atoms with Crippen LogP contribution in [0.25, 0.3) is 10.9 Å². The Labute approximate surface area is 154 Å². The van der Waals surface area contributed by atoms with E-state index in [1.807, 2.05) is 13.0 Å². The molecule has 1 aromatic carbocycles. The molecule has 6 heteroatoms. The summed E-state index contributed by atoms with van der Waals surface area (Å²) in [7, 11) is 7.47. The second-order valence-corrected chi connectivity index (χ2v) is 7.23. The predicted octanol–water partition coefficient (Wildman–Crippen LogP) is 2.38. The van der Waals surface area contributed by atoms with Crippen molar-refractivity contribution in [1.29, 1.82) is 0 Å². The Bertz CT molecular complexity index is 838. The SMILES string of the molecule is COc1ccc(OC)c2c(=O)c(CN(C)C3CCN(C)CC3)c(C)[nH]c12. The summed E-state index contributed by atoms with van der Waals surface area (Å²) in [6.07, 6.45) is 2.27. The molecule has 3 rings (SSSR count). The van der Waals surface area contributed by atoms with Gasteiger partial charge in [0.1, 0.15) is 11.5 Å². The van der Waals surface area contributed by atoms with Gasteiger partial charge in [-0.25, -0.2) is 0 Å². The molecule has 2 heterocycles. The first kappa shape index (κ1) is 18.7. The molecule has 6 nitrogen and oxygen atoms in total. The van der Waals surface area contributed by atoms with Crippen LogP contribution in [0, 0.1) is 6.92 Å². The number of hydrogen-bond donors (Lipinski definition) is 1. The minimum Gasteiger partial charge on any atom is -0.496 e. The monoisotopic (exact) mass is 359 g/mol. The summed E-state index contributed by atoms with van der Waals surface area (Å²) in [5, 5.41) is 0.559. The summed E-state index contributed by atoms with van der Waals surface area (Å²) in [6, 6.07) is 4.12. The Morgan fingerprint density at radius 2 is 1.81 bits per heavy atom. The lowest BCUT2D eigenvalue weighted by atomic mass is 10.0. The average molecular weight is 359 g/mol. The molecular weight excluding hydrogens is 330 g/mol. The van der Waals surface area contributed by atoms with Crippen molar-refractivity contribution >= 4 is 10.9 Å². The molecular formula is C20H29N3O3. The fraction of sp³-hybridized carbons (Fsp3) is 0.550. The van der Waals surface area contributed by atoms with Gasteiger partial charge in [-0.2, -0.15) is 0 Å². The lowest BCUT2D eigenvalue weighted by molar-refractivity contribution is 0.139. The van der Waals surface area contributed by atoms with Gasteiger partial charge in [-0.3, -0.25) is 9.69 Å². The normalized spacial score (nSPS) is 16.4. The number of likely N-dealkylation sites (tertiary alicyclic amines) is 1.